The minimum absolute atomic E-state index is 0.0501. The van der Waals surface area contributed by atoms with Crippen LogP contribution in [-0.2, 0) is 9.53 Å². The van der Waals surface area contributed by atoms with Crippen LogP contribution in [0.1, 0.15) is 41.9 Å². The Morgan fingerprint density at radius 1 is 1.24 bits per heavy atom. The smallest absolute Gasteiger partial charge is 0.239 e. The molecule has 4 rings (SSSR count). The topological polar surface area (TPSA) is 96.5 Å². The summed E-state index contributed by atoms with van der Waals surface area (Å²) in [7, 11) is 0. The number of morpholine rings is 1. The second kappa shape index (κ2) is 10.7. The molecule has 33 heavy (non-hydrogen) atoms. The fourth-order valence-corrected chi connectivity index (χ4v) is 4.39. The molecule has 1 N–H and O–H groups in total. The van der Waals surface area contributed by atoms with Gasteiger partial charge in [0.25, 0.3) is 0 Å². The number of rotatable bonds is 10. The number of amides is 1. The molecule has 1 saturated heterocycles. The van der Waals surface area contributed by atoms with E-state index in [1.54, 1.807) is 6.07 Å². The number of nitrogens with one attached hydrogen (secondary N) is 1. The van der Waals surface area contributed by atoms with Crippen molar-refractivity contribution < 1.29 is 33.5 Å². The molecule has 2 aliphatic rings. The molecule has 2 aliphatic heterocycles. The first-order valence-corrected chi connectivity index (χ1v) is 11.5. The van der Waals surface area contributed by atoms with E-state index in [4.69, 9.17) is 13.9 Å². The van der Waals surface area contributed by atoms with Crippen LogP contribution in [0.3, 0.4) is 0 Å². The van der Waals surface area contributed by atoms with Gasteiger partial charge in [0.15, 0.2) is 5.76 Å². The van der Waals surface area contributed by atoms with Gasteiger partial charge in [-0.15, -0.1) is 0 Å². The predicted octanol–water partition coefficient (Wildman–Crippen LogP) is 0.754. The molecule has 1 amide bonds. The van der Waals surface area contributed by atoms with E-state index in [0.29, 0.717) is 24.5 Å². The third-order valence-electron chi connectivity index (χ3n) is 6.05. The molecule has 0 radical (unpaired) electrons. The highest BCUT2D eigenvalue weighted by molar-refractivity contribution is 6.14. The van der Waals surface area contributed by atoms with Crippen molar-refractivity contribution in [3.63, 3.8) is 0 Å². The molecule has 1 unspecified atom stereocenters. The number of carbonyl (C=O) groups excluding carboxylic acids is 2. The number of quaternary nitrogens is 1. The molecule has 8 heteroatoms. The molecule has 3 heterocycles. The van der Waals surface area contributed by atoms with Crippen molar-refractivity contribution in [2.75, 3.05) is 46.0 Å². The van der Waals surface area contributed by atoms with E-state index in [1.807, 2.05) is 31.2 Å². The Morgan fingerprint density at radius 3 is 2.79 bits per heavy atom. The zero-order valence-electron chi connectivity index (χ0n) is 18.9. The van der Waals surface area contributed by atoms with E-state index in [-0.39, 0.29) is 11.3 Å². The maximum absolute atomic E-state index is 13.2. The van der Waals surface area contributed by atoms with Crippen LogP contribution in [0.2, 0.25) is 0 Å². The van der Waals surface area contributed by atoms with Crippen LogP contribution in [0.25, 0.3) is 0 Å². The van der Waals surface area contributed by atoms with Crippen molar-refractivity contribution in [3.05, 3.63) is 65.3 Å². The van der Waals surface area contributed by atoms with E-state index in [1.165, 1.54) is 22.1 Å². The van der Waals surface area contributed by atoms with Crippen molar-refractivity contribution in [1.82, 2.24) is 4.90 Å². The second-order valence-electron chi connectivity index (χ2n) is 8.34. The molecule has 0 saturated carbocycles. The summed E-state index contributed by atoms with van der Waals surface area (Å²) in [6.07, 6.45) is 2.96. The number of benzene rings is 1. The number of hydrogen-bond acceptors (Lipinski definition) is 6. The average Bonchev–Trinajstić information content (AvgIpc) is 3.46. The molecule has 1 aromatic carbocycles. The van der Waals surface area contributed by atoms with Gasteiger partial charge in [-0.3, -0.25) is 9.59 Å². The van der Waals surface area contributed by atoms with Crippen LogP contribution in [0.15, 0.2) is 58.4 Å². The summed E-state index contributed by atoms with van der Waals surface area (Å²) in [4.78, 5) is 29.2. The lowest BCUT2D eigenvalue weighted by Gasteiger charge is -2.29. The first-order valence-electron chi connectivity index (χ1n) is 11.5. The van der Waals surface area contributed by atoms with Crippen LogP contribution in [0, 0.1) is 0 Å². The molecule has 0 spiro atoms. The summed E-state index contributed by atoms with van der Waals surface area (Å²) < 4.78 is 16.4. The van der Waals surface area contributed by atoms with Gasteiger partial charge in [0.05, 0.1) is 38.7 Å². The normalized spacial score (nSPS) is 19.4. The van der Waals surface area contributed by atoms with Gasteiger partial charge in [-0.2, -0.15) is 0 Å². The van der Waals surface area contributed by atoms with Gasteiger partial charge in [0.1, 0.15) is 18.8 Å². The van der Waals surface area contributed by atoms with Crippen LogP contribution in [-0.4, -0.2) is 62.6 Å². The molecule has 0 bridgehead atoms. The van der Waals surface area contributed by atoms with Gasteiger partial charge in [-0.25, -0.2) is 0 Å². The van der Waals surface area contributed by atoms with Gasteiger partial charge in [-0.05, 0) is 42.0 Å². The highest BCUT2D eigenvalue weighted by Gasteiger charge is 2.40. The largest absolute Gasteiger partial charge is 0.868 e. The first kappa shape index (κ1) is 23.1. The predicted molar refractivity (Wildman–Crippen MR) is 118 cm³/mol. The number of carbonyl (C=O) groups is 2. The molecular formula is C25H30N2O6. The SMILES string of the molecule is CCCOc1cccc(C2C(C(=O)c3ccco3)=C([O-])C(=O)N2CCC[NH+]2CCOCC2)c1. The number of hydrogen-bond donors (Lipinski definition) is 1. The van der Waals surface area contributed by atoms with Crippen molar-refractivity contribution in [2.45, 2.75) is 25.8 Å². The molecular weight excluding hydrogens is 424 g/mol. The number of ether oxygens (including phenoxy) is 2. The fourth-order valence-electron chi connectivity index (χ4n) is 4.39. The summed E-state index contributed by atoms with van der Waals surface area (Å²) in [5.41, 5.74) is 0.609. The zero-order chi connectivity index (χ0) is 23.2. The van der Waals surface area contributed by atoms with E-state index < -0.39 is 23.5 Å². The van der Waals surface area contributed by atoms with Crippen molar-refractivity contribution in [3.8, 4) is 5.75 Å². The van der Waals surface area contributed by atoms with Crippen LogP contribution in [0.4, 0.5) is 0 Å². The Balaban J connectivity index is 1.61. The Kier molecular flexibility index (Phi) is 7.47. The minimum atomic E-state index is -0.771. The van der Waals surface area contributed by atoms with Gasteiger partial charge >= 0.3 is 0 Å². The Labute approximate surface area is 193 Å². The summed E-state index contributed by atoms with van der Waals surface area (Å²) in [5, 5.41) is 13.0. The van der Waals surface area contributed by atoms with E-state index >= 15 is 0 Å². The molecule has 1 fully saturated rings. The molecule has 0 aliphatic carbocycles. The standard InChI is InChI=1S/C25H30N2O6/c1-2-13-32-19-7-3-6-18(17-19)22-21(23(28)20-8-4-14-33-20)24(29)25(30)27(22)10-5-9-26-11-15-31-16-12-26/h3-4,6-8,14,17,22,29H,2,5,9-13,15-16H2,1H3. The molecule has 2 aromatic rings. The lowest BCUT2D eigenvalue weighted by molar-refractivity contribution is -0.908. The minimum Gasteiger partial charge on any atom is -0.868 e. The Hall–Kier alpha value is -3.10. The lowest BCUT2D eigenvalue weighted by atomic mass is 9.95. The zero-order valence-corrected chi connectivity index (χ0v) is 18.9. The van der Waals surface area contributed by atoms with Gasteiger partial charge < -0.3 is 28.8 Å². The molecule has 1 atom stereocenters. The van der Waals surface area contributed by atoms with E-state index in [9.17, 15) is 14.7 Å². The maximum Gasteiger partial charge on any atom is 0.239 e. The van der Waals surface area contributed by atoms with Crippen LogP contribution < -0.4 is 14.7 Å². The Morgan fingerprint density at radius 2 is 2.06 bits per heavy atom. The summed E-state index contributed by atoms with van der Waals surface area (Å²) >= 11 is 0. The van der Waals surface area contributed by atoms with Gasteiger partial charge in [-0.1, -0.05) is 19.1 Å². The lowest BCUT2D eigenvalue weighted by Crippen LogP contribution is -3.14. The number of ketones is 1. The van der Waals surface area contributed by atoms with E-state index in [2.05, 4.69) is 0 Å². The van der Waals surface area contributed by atoms with E-state index in [0.717, 1.165) is 45.7 Å². The second-order valence-corrected chi connectivity index (χ2v) is 8.34. The number of Topliss-reactive ketones (excluding diaryl/α,β-unsaturated/α-hetero) is 1. The van der Waals surface area contributed by atoms with Gasteiger partial charge in [0.2, 0.25) is 11.7 Å². The van der Waals surface area contributed by atoms with Crippen molar-refractivity contribution in [2.24, 2.45) is 0 Å². The molecule has 8 nitrogen and oxygen atoms in total. The number of nitrogens with zero attached hydrogens (tertiary/aromatic N) is 1. The van der Waals surface area contributed by atoms with Gasteiger partial charge in [0, 0.05) is 18.5 Å². The summed E-state index contributed by atoms with van der Waals surface area (Å²) in [6, 6.07) is 9.61. The molecule has 176 valence electrons. The third-order valence-corrected chi connectivity index (χ3v) is 6.05. The first-order chi connectivity index (χ1) is 16.1. The third kappa shape index (κ3) is 5.12. The van der Waals surface area contributed by atoms with Crippen LogP contribution >= 0.6 is 0 Å². The molecule has 1 aromatic heterocycles. The quantitative estimate of drug-likeness (QED) is 0.533. The van der Waals surface area contributed by atoms with Crippen molar-refractivity contribution >= 4 is 11.7 Å². The summed E-state index contributed by atoms with van der Waals surface area (Å²) in [5.74, 6) is -1.27. The number of furan rings is 1. The average molecular weight is 455 g/mol. The van der Waals surface area contributed by atoms with Crippen LogP contribution in [0.5, 0.6) is 5.75 Å². The fraction of sp³-hybridized carbons (Fsp3) is 0.440. The van der Waals surface area contributed by atoms with Crippen molar-refractivity contribution in [1.29, 1.82) is 0 Å². The summed E-state index contributed by atoms with van der Waals surface area (Å²) in [6.45, 7) is 7.16. The Bertz CT molecular complexity index is 994. The maximum atomic E-state index is 13.2. The monoisotopic (exact) mass is 454 g/mol. The highest BCUT2D eigenvalue weighted by Crippen LogP contribution is 2.39. The highest BCUT2D eigenvalue weighted by atomic mass is 16.5.